The summed E-state index contributed by atoms with van der Waals surface area (Å²) in [5.41, 5.74) is 13.5. The van der Waals surface area contributed by atoms with Gasteiger partial charge in [-0.1, -0.05) is 146 Å². The molecule has 7 aromatic carbocycles. The molecule has 4 nitrogen and oxygen atoms in total. The van der Waals surface area contributed by atoms with Crippen LogP contribution in [-0.4, -0.2) is 19.9 Å². The predicted molar refractivity (Wildman–Crippen MR) is 215 cm³/mol. The van der Waals surface area contributed by atoms with Gasteiger partial charge in [0.2, 0.25) is 0 Å². The molecular formula is C48H30N4. The quantitative estimate of drug-likeness (QED) is 0.172. The number of hydrogen-bond donors (Lipinski definition) is 0. The van der Waals surface area contributed by atoms with E-state index in [9.17, 15) is 0 Å². The van der Waals surface area contributed by atoms with E-state index in [2.05, 4.69) is 127 Å². The second-order valence-electron chi connectivity index (χ2n) is 13.1. The summed E-state index contributed by atoms with van der Waals surface area (Å²) in [7, 11) is 0. The lowest BCUT2D eigenvalue weighted by molar-refractivity contribution is 1.29. The Morgan fingerprint density at radius 2 is 0.827 bits per heavy atom. The van der Waals surface area contributed by atoms with Gasteiger partial charge < -0.3 is 0 Å². The van der Waals surface area contributed by atoms with E-state index >= 15 is 0 Å². The normalized spacial score (nSPS) is 11.5. The maximum absolute atomic E-state index is 5.34. The maximum atomic E-state index is 5.34. The molecule has 52 heavy (non-hydrogen) atoms. The summed E-state index contributed by atoms with van der Waals surface area (Å²) in [6.07, 6.45) is 0. The highest BCUT2D eigenvalue weighted by Crippen LogP contribution is 2.37. The third kappa shape index (κ3) is 5.26. The molecule has 0 radical (unpaired) electrons. The number of rotatable bonds is 5. The molecule has 4 heteroatoms. The van der Waals surface area contributed by atoms with Crippen molar-refractivity contribution in [1.82, 2.24) is 19.9 Å². The van der Waals surface area contributed by atoms with Crippen LogP contribution in [0.1, 0.15) is 0 Å². The van der Waals surface area contributed by atoms with Gasteiger partial charge in [0.25, 0.3) is 0 Å². The van der Waals surface area contributed by atoms with Crippen LogP contribution in [0.15, 0.2) is 182 Å². The number of fused-ring (bicyclic) bond motifs is 5. The number of nitrogens with zero attached hydrogens (tertiary/aromatic N) is 4. The molecular weight excluding hydrogens is 633 g/mol. The van der Waals surface area contributed by atoms with Crippen molar-refractivity contribution in [3.8, 4) is 56.2 Å². The van der Waals surface area contributed by atoms with Gasteiger partial charge in [-0.3, -0.25) is 0 Å². The van der Waals surface area contributed by atoms with Gasteiger partial charge in [0.15, 0.2) is 0 Å². The number of hydrogen-bond acceptors (Lipinski definition) is 4. The summed E-state index contributed by atoms with van der Waals surface area (Å²) in [5.74, 6) is 0. The van der Waals surface area contributed by atoms with Crippen molar-refractivity contribution in [3.63, 3.8) is 0 Å². The van der Waals surface area contributed by atoms with Crippen molar-refractivity contribution >= 4 is 43.6 Å². The van der Waals surface area contributed by atoms with Crippen LogP contribution in [0.2, 0.25) is 0 Å². The monoisotopic (exact) mass is 662 g/mol. The van der Waals surface area contributed by atoms with E-state index < -0.39 is 0 Å². The lowest BCUT2D eigenvalue weighted by Gasteiger charge is -2.14. The van der Waals surface area contributed by atoms with Crippen molar-refractivity contribution < 1.29 is 0 Å². The zero-order valence-corrected chi connectivity index (χ0v) is 28.1. The number of aromatic nitrogens is 4. The molecule has 0 atom stereocenters. The summed E-state index contributed by atoms with van der Waals surface area (Å²) in [6, 6.07) is 63.2. The summed E-state index contributed by atoms with van der Waals surface area (Å²) in [6.45, 7) is 0. The Balaban J connectivity index is 1.14. The Morgan fingerprint density at radius 3 is 1.50 bits per heavy atom. The molecule has 3 aromatic heterocycles. The van der Waals surface area contributed by atoms with E-state index in [1.54, 1.807) is 0 Å². The van der Waals surface area contributed by atoms with Crippen LogP contribution in [0.5, 0.6) is 0 Å². The highest BCUT2D eigenvalue weighted by Gasteiger charge is 2.16. The van der Waals surface area contributed by atoms with Gasteiger partial charge >= 0.3 is 0 Å². The fraction of sp³-hybridized carbons (Fsp3) is 0. The molecule has 0 saturated carbocycles. The molecule has 0 N–H and O–H groups in total. The van der Waals surface area contributed by atoms with Crippen LogP contribution < -0.4 is 0 Å². The smallest absolute Gasteiger partial charge is 0.0973 e. The third-order valence-corrected chi connectivity index (χ3v) is 9.82. The zero-order valence-electron chi connectivity index (χ0n) is 28.1. The van der Waals surface area contributed by atoms with E-state index in [4.69, 9.17) is 19.9 Å². The van der Waals surface area contributed by atoms with E-state index in [0.29, 0.717) is 0 Å². The van der Waals surface area contributed by atoms with Crippen LogP contribution >= 0.6 is 0 Å². The first-order valence-electron chi connectivity index (χ1n) is 17.5. The third-order valence-electron chi connectivity index (χ3n) is 9.82. The molecule has 0 aliphatic rings. The molecule has 10 aromatic rings. The molecule has 0 bridgehead atoms. The van der Waals surface area contributed by atoms with Crippen molar-refractivity contribution in [2.24, 2.45) is 0 Å². The van der Waals surface area contributed by atoms with Crippen molar-refractivity contribution in [2.75, 3.05) is 0 Å². The summed E-state index contributed by atoms with van der Waals surface area (Å²) in [5, 5.41) is 4.43. The van der Waals surface area contributed by atoms with Crippen LogP contribution in [0.25, 0.3) is 99.8 Å². The number of pyridine rings is 2. The maximum Gasteiger partial charge on any atom is 0.0973 e. The average Bonchev–Trinajstić information content (AvgIpc) is 3.23. The Hall–Kier alpha value is -7.04. The van der Waals surface area contributed by atoms with Gasteiger partial charge in [-0.05, 0) is 58.3 Å². The molecule has 0 unspecified atom stereocenters. The Bertz CT molecular complexity index is 2940. The first kappa shape index (κ1) is 29.8. The molecule has 242 valence electrons. The Morgan fingerprint density at radius 1 is 0.288 bits per heavy atom. The first-order valence-corrected chi connectivity index (χ1v) is 17.5. The lowest BCUT2D eigenvalue weighted by atomic mass is 9.94. The van der Waals surface area contributed by atoms with Gasteiger partial charge in [-0.2, -0.15) is 0 Å². The summed E-state index contributed by atoms with van der Waals surface area (Å²) < 4.78 is 0. The Kier molecular flexibility index (Phi) is 7.10. The topological polar surface area (TPSA) is 51.6 Å². The minimum absolute atomic E-state index is 0.848. The Labute approximate surface area is 300 Å². The molecule has 0 saturated heterocycles. The van der Waals surface area contributed by atoms with Crippen molar-refractivity contribution in [3.05, 3.63) is 182 Å². The van der Waals surface area contributed by atoms with Gasteiger partial charge in [0, 0.05) is 33.0 Å². The predicted octanol–water partition coefficient (Wildman–Crippen LogP) is 12.2. The van der Waals surface area contributed by atoms with Gasteiger partial charge in [-0.25, -0.2) is 19.9 Å². The highest BCUT2D eigenvalue weighted by molar-refractivity contribution is 6.06. The zero-order chi connectivity index (χ0) is 34.4. The molecule has 0 aliphatic carbocycles. The number of benzene rings is 7. The standard InChI is InChI=1S/C48H30N4/c1-4-12-31(13-5-1)41-25-22-34-20-21-35-23-26-42(50-48(35)47(34)49-41)40-29-38(28-37-18-10-11-19-39(37)40)36-24-27-43-44(30-36)52-46(33-16-8-3-9-17-33)45(51-43)32-14-6-2-7-15-32/h1-30H. The molecule has 0 amide bonds. The lowest BCUT2D eigenvalue weighted by Crippen LogP contribution is -1.96. The van der Waals surface area contributed by atoms with E-state index in [1.165, 1.54) is 0 Å². The SMILES string of the molecule is c1ccc(-c2ccc3ccc4ccc(-c5cc(-c6ccc7nc(-c8ccccc8)c(-c8ccccc8)nc7c6)cc6ccccc56)nc4c3n2)cc1. The summed E-state index contributed by atoms with van der Waals surface area (Å²) >= 11 is 0. The van der Waals surface area contributed by atoms with E-state index in [0.717, 1.165) is 99.8 Å². The molecule has 3 heterocycles. The van der Waals surface area contributed by atoms with E-state index in [-0.39, 0.29) is 0 Å². The van der Waals surface area contributed by atoms with Gasteiger partial charge in [-0.15, -0.1) is 0 Å². The second kappa shape index (κ2) is 12.4. The highest BCUT2D eigenvalue weighted by atomic mass is 14.8. The summed E-state index contributed by atoms with van der Waals surface area (Å²) in [4.78, 5) is 20.9. The van der Waals surface area contributed by atoms with Crippen LogP contribution in [-0.2, 0) is 0 Å². The van der Waals surface area contributed by atoms with Crippen LogP contribution in [0, 0.1) is 0 Å². The van der Waals surface area contributed by atoms with Crippen LogP contribution in [0.4, 0.5) is 0 Å². The fourth-order valence-corrected chi connectivity index (χ4v) is 7.21. The van der Waals surface area contributed by atoms with Crippen LogP contribution in [0.3, 0.4) is 0 Å². The molecule has 0 spiro atoms. The fourth-order valence-electron chi connectivity index (χ4n) is 7.21. The van der Waals surface area contributed by atoms with Gasteiger partial charge in [0.05, 0.1) is 44.8 Å². The van der Waals surface area contributed by atoms with Gasteiger partial charge in [0.1, 0.15) is 0 Å². The largest absolute Gasteiger partial charge is 0.245 e. The van der Waals surface area contributed by atoms with Crippen molar-refractivity contribution in [2.45, 2.75) is 0 Å². The minimum atomic E-state index is 0.848. The van der Waals surface area contributed by atoms with Crippen molar-refractivity contribution in [1.29, 1.82) is 0 Å². The average molecular weight is 663 g/mol. The van der Waals surface area contributed by atoms with E-state index in [1.807, 2.05) is 54.6 Å². The molecule has 0 fully saturated rings. The first-order chi connectivity index (χ1) is 25.7. The second-order valence-corrected chi connectivity index (χ2v) is 13.1. The molecule has 0 aliphatic heterocycles. The molecule has 10 rings (SSSR count). The minimum Gasteiger partial charge on any atom is -0.245 e.